The quantitative estimate of drug-likeness (QED) is 0.848. The number of rotatable bonds is 3. The first kappa shape index (κ1) is 12.6. The number of nitrogens with zero attached hydrogens (tertiary/aromatic N) is 2. The first-order chi connectivity index (χ1) is 8.63. The van der Waals surface area contributed by atoms with E-state index in [0.29, 0.717) is 15.7 Å². The van der Waals surface area contributed by atoms with Crippen LogP contribution in [0.2, 0.25) is 0 Å². The molecule has 1 aromatic carbocycles. The molecule has 0 saturated heterocycles. The Morgan fingerprint density at radius 2 is 2.28 bits per heavy atom. The Morgan fingerprint density at radius 1 is 1.50 bits per heavy atom. The Balaban J connectivity index is 2.42. The lowest BCUT2D eigenvalue weighted by atomic mass is 10.1. The molecular weight excluding hydrogens is 302 g/mol. The normalized spacial score (nSPS) is 10.3. The number of hydrogen-bond acceptors (Lipinski definition) is 5. The predicted octanol–water partition coefficient (Wildman–Crippen LogP) is 2.12. The molecule has 0 radical (unpaired) electrons. The summed E-state index contributed by atoms with van der Waals surface area (Å²) in [5.74, 6) is -0.426. The van der Waals surface area contributed by atoms with E-state index in [2.05, 4.69) is 31.3 Å². The van der Waals surface area contributed by atoms with Crippen LogP contribution in [0.4, 0.5) is 0 Å². The third-order valence-corrected chi connectivity index (χ3v) is 2.87. The molecule has 0 fully saturated rings. The molecule has 2 N–H and O–H groups in total. The van der Waals surface area contributed by atoms with E-state index in [1.165, 1.54) is 6.07 Å². The lowest BCUT2D eigenvalue weighted by Crippen LogP contribution is -2.06. The molecule has 0 saturated carbocycles. The van der Waals surface area contributed by atoms with Gasteiger partial charge in [-0.1, -0.05) is 0 Å². The fourth-order valence-corrected chi connectivity index (χ4v) is 1.81. The summed E-state index contributed by atoms with van der Waals surface area (Å²) >= 11 is 3.20. The molecule has 0 aliphatic heterocycles. The Bertz CT molecular complexity index is 583. The Morgan fingerprint density at radius 3 is 2.94 bits per heavy atom. The van der Waals surface area contributed by atoms with Crippen LogP contribution in [0.5, 0.6) is 5.75 Å². The second-order valence-electron chi connectivity index (χ2n) is 3.41. The molecule has 0 aliphatic carbocycles. The number of aromatic hydroxyl groups is 1. The highest BCUT2D eigenvalue weighted by molar-refractivity contribution is 9.10. The van der Waals surface area contributed by atoms with E-state index in [0.717, 1.165) is 0 Å². The zero-order valence-electron chi connectivity index (χ0n) is 9.48. The summed E-state index contributed by atoms with van der Waals surface area (Å²) in [5.41, 5.74) is 1.15. The molecule has 6 nitrogen and oxygen atoms in total. The molecule has 7 heteroatoms. The monoisotopic (exact) mass is 311 g/mol. The highest BCUT2D eigenvalue weighted by Gasteiger charge is 2.19. The van der Waals surface area contributed by atoms with Crippen molar-refractivity contribution in [1.29, 1.82) is 0 Å². The van der Waals surface area contributed by atoms with Crippen LogP contribution in [0.25, 0.3) is 11.3 Å². The number of halogens is 1. The summed E-state index contributed by atoms with van der Waals surface area (Å²) in [6, 6.07) is 4.79. The topological polar surface area (TPSA) is 88.1 Å². The van der Waals surface area contributed by atoms with Gasteiger partial charge in [0.15, 0.2) is 5.69 Å². The number of phenolic OH excluding ortho intramolecular Hbond substituents is 1. The third kappa shape index (κ3) is 2.35. The van der Waals surface area contributed by atoms with Crippen molar-refractivity contribution in [2.75, 3.05) is 6.61 Å². The van der Waals surface area contributed by atoms with Crippen LogP contribution in [-0.4, -0.2) is 33.1 Å². The van der Waals surface area contributed by atoms with Crippen molar-refractivity contribution in [3.8, 4) is 17.0 Å². The summed E-state index contributed by atoms with van der Waals surface area (Å²) in [7, 11) is 0. The van der Waals surface area contributed by atoms with Crippen LogP contribution in [-0.2, 0) is 4.74 Å². The van der Waals surface area contributed by atoms with E-state index >= 15 is 0 Å². The molecule has 0 amide bonds. The van der Waals surface area contributed by atoms with Crippen LogP contribution in [0.3, 0.4) is 0 Å². The highest BCUT2D eigenvalue weighted by Crippen LogP contribution is 2.29. The van der Waals surface area contributed by atoms with Crippen LogP contribution >= 0.6 is 15.9 Å². The summed E-state index contributed by atoms with van der Waals surface area (Å²) in [6.45, 7) is 1.99. The molecule has 0 bridgehead atoms. The third-order valence-electron chi connectivity index (χ3n) is 2.24. The Labute approximate surface area is 111 Å². The van der Waals surface area contributed by atoms with Crippen molar-refractivity contribution >= 4 is 21.9 Å². The van der Waals surface area contributed by atoms with E-state index in [1.807, 2.05) is 0 Å². The number of aromatic amines is 1. The summed E-state index contributed by atoms with van der Waals surface area (Å²) in [6.07, 6.45) is 0. The maximum absolute atomic E-state index is 11.6. The summed E-state index contributed by atoms with van der Waals surface area (Å²) in [5, 5.41) is 19.5. The number of carbonyl (C=O) groups excluding carboxylic acids is 1. The number of carbonyl (C=O) groups is 1. The van der Waals surface area contributed by atoms with E-state index in [1.54, 1.807) is 19.1 Å². The molecule has 2 aromatic rings. The molecule has 18 heavy (non-hydrogen) atoms. The minimum atomic E-state index is -0.537. The van der Waals surface area contributed by atoms with Gasteiger partial charge in [0.2, 0.25) is 0 Å². The lowest BCUT2D eigenvalue weighted by Gasteiger charge is -2.02. The second-order valence-corrected chi connectivity index (χ2v) is 4.26. The summed E-state index contributed by atoms with van der Waals surface area (Å²) < 4.78 is 5.39. The molecular formula is C11H10BrN3O3. The fourth-order valence-electron chi connectivity index (χ4n) is 1.43. The largest absolute Gasteiger partial charge is 0.507 e. The molecule has 1 aromatic heterocycles. The zero-order valence-corrected chi connectivity index (χ0v) is 11.1. The predicted molar refractivity (Wildman–Crippen MR) is 67.1 cm³/mol. The van der Waals surface area contributed by atoms with Crippen LogP contribution < -0.4 is 0 Å². The van der Waals surface area contributed by atoms with Gasteiger partial charge in [-0.25, -0.2) is 4.79 Å². The molecule has 0 atom stereocenters. The maximum atomic E-state index is 11.6. The number of hydrogen-bond donors (Lipinski definition) is 2. The number of benzene rings is 1. The van der Waals surface area contributed by atoms with Crippen molar-refractivity contribution in [1.82, 2.24) is 15.4 Å². The Hall–Kier alpha value is -1.89. The maximum Gasteiger partial charge on any atom is 0.361 e. The smallest absolute Gasteiger partial charge is 0.361 e. The molecule has 2 rings (SSSR count). The van der Waals surface area contributed by atoms with Crippen LogP contribution in [0.15, 0.2) is 22.7 Å². The number of esters is 1. The van der Waals surface area contributed by atoms with E-state index < -0.39 is 5.97 Å². The molecule has 0 unspecified atom stereocenters. The van der Waals surface area contributed by atoms with Crippen molar-refractivity contribution in [3.63, 3.8) is 0 Å². The number of phenols is 1. The van der Waals surface area contributed by atoms with E-state index in [-0.39, 0.29) is 18.1 Å². The van der Waals surface area contributed by atoms with Crippen molar-refractivity contribution in [2.45, 2.75) is 6.92 Å². The average molecular weight is 312 g/mol. The lowest BCUT2D eigenvalue weighted by molar-refractivity contribution is 0.0520. The van der Waals surface area contributed by atoms with E-state index in [4.69, 9.17) is 4.74 Å². The van der Waals surface area contributed by atoms with Gasteiger partial charge >= 0.3 is 5.97 Å². The Kier molecular flexibility index (Phi) is 3.61. The van der Waals surface area contributed by atoms with Crippen molar-refractivity contribution in [2.24, 2.45) is 0 Å². The molecule has 1 heterocycles. The van der Waals surface area contributed by atoms with E-state index in [9.17, 15) is 9.90 Å². The van der Waals surface area contributed by atoms with Gasteiger partial charge in [0.05, 0.1) is 11.1 Å². The van der Waals surface area contributed by atoms with Gasteiger partial charge in [-0.05, 0) is 41.1 Å². The van der Waals surface area contributed by atoms with Crippen LogP contribution in [0, 0.1) is 0 Å². The van der Waals surface area contributed by atoms with Gasteiger partial charge in [-0.3, -0.25) is 0 Å². The molecule has 0 spiro atoms. The van der Waals surface area contributed by atoms with Gasteiger partial charge in [0.25, 0.3) is 0 Å². The van der Waals surface area contributed by atoms with Crippen molar-refractivity contribution in [3.05, 3.63) is 28.4 Å². The number of ether oxygens (including phenoxy) is 1. The first-order valence-corrected chi connectivity index (χ1v) is 5.99. The van der Waals surface area contributed by atoms with Crippen LogP contribution in [0.1, 0.15) is 17.4 Å². The van der Waals surface area contributed by atoms with Gasteiger partial charge < -0.3 is 9.84 Å². The second kappa shape index (κ2) is 5.18. The minimum absolute atomic E-state index is 0.111. The van der Waals surface area contributed by atoms with Crippen molar-refractivity contribution < 1.29 is 14.6 Å². The first-order valence-electron chi connectivity index (χ1n) is 5.20. The number of aromatic nitrogens is 3. The summed E-state index contributed by atoms with van der Waals surface area (Å²) in [4.78, 5) is 11.6. The minimum Gasteiger partial charge on any atom is -0.507 e. The highest BCUT2D eigenvalue weighted by atomic mass is 79.9. The average Bonchev–Trinajstić information content (AvgIpc) is 2.82. The van der Waals surface area contributed by atoms with Gasteiger partial charge in [0.1, 0.15) is 11.4 Å². The number of H-pyrrole nitrogens is 1. The zero-order chi connectivity index (χ0) is 13.1. The van der Waals surface area contributed by atoms with Gasteiger partial charge in [-0.2, -0.15) is 10.3 Å². The molecule has 94 valence electrons. The number of nitrogens with one attached hydrogen (secondary N) is 1. The molecule has 0 aliphatic rings. The van der Waals surface area contributed by atoms with Gasteiger partial charge in [0, 0.05) is 5.56 Å². The standard InChI is InChI=1S/C11H10BrN3O3/c1-2-18-11(17)10-9(13-15-14-10)6-3-4-8(16)7(12)5-6/h3-5,16H,2H2,1H3,(H,13,14,15). The SMILES string of the molecule is CCOC(=O)c1n[nH]nc1-c1ccc(O)c(Br)c1. The van der Waals surface area contributed by atoms with Gasteiger partial charge in [-0.15, -0.1) is 5.10 Å². The fraction of sp³-hybridized carbons (Fsp3) is 0.182.